The van der Waals surface area contributed by atoms with Crippen molar-refractivity contribution in [3.63, 3.8) is 0 Å². The minimum atomic E-state index is -1.20. The van der Waals surface area contributed by atoms with Gasteiger partial charge in [0, 0.05) is 23.5 Å². The summed E-state index contributed by atoms with van der Waals surface area (Å²) in [5.41, 5.74) is 13.1. The molecule has 9 N–H and O–H groups in total. The summed E-state index contributed by atoms with van der Waals surface area (Å²) in [6, 6.07) is 3.69. The summed E-state index contributed by atoms with van der Waals surface area (Å²) in [6.45, 7) is 0.511. The molecular formula is C27H42N6O5S2. The van der Waals surface area contributed by atoms with Crippen molar-refractivity contribution in [3.05, 3.63) is 36.0 Å². The van der Waals surface area contributed by atoms with Crippen LogP contribution >= 0.6 is 23.5 Å². The van der Waals surface area contributed by atoms with Gasteiger partial charge < -0.3 is 37.5 Å². The smallest absolute Gasteiger partial charge is 0.326 e. The summed E-state index contributed by atoms with van der Waals surface area (Å²) in [6.07, 6.45) is 8.12. The number of carbonyl (C=O) groups is 4. The van der Waals surface area contributed by atoms with Gasteiger partial charge in [-0.15, -0.1) is 0 Å². The zero-order valence-electron chi connectivity index (χ0n) is 23.1. The fourth-order valence-corrected chi connectivity index (χ4v) is 5.14. The molecule has 0 radical (unpaired) electrons. The van der Waals surface area contributed by atoms with Crippen molar-refractivity contribution < 1.29 is 24.3 Å². The number of benzene rings is 1. The van der Waals surface area contributed by atoms with Crippen molar-refractivity contribution in [1.29, 1.82) is 0 Å². The third-order valence-electron chi connectivity index (χ3n) is 6.51. The Morgan fingerprint density at radius 2 is 1.45 bits per heavy atom. The molecule has 1 aromatic heterocycles. The molecule has 4 unspecified atom stereocenters. The SMILES string of the molecule is CSCCC(NC(=O)C(N)CCCCN)C(=O)NC(CCSC)C(=O)NC(Cc1c[nH]c2ccccc12)C(=O)O. The molecule has 3 amide bonds. The van der Waals surface area contributed by atoms with E-state index in [4.69, 9.17) is 11.5 Å². The largest absolute Gasteiger partial charge is 0.480 e. The lowest BCUT2D eigenvalue weighted by atomic mass is 10.0. The van der Waals surface area contributed by atoms with Crippen molar-refractivity contribution in [3.8, 4) is 0 Å². The Morgan fingerprint density at radius 1 is 0.875 bits per heavy atom. The van der Waals surface area contributed by atoms with Gasteiger partial charge in [-0.25, -0.2) is 4.79 Å². The molecule has 1 aromatic carbocycles. The fourth-order valence-electron chi connectivity index (χ4n) is 4.19. The number of rotatable bonds is 19. The number of thioether (sulfide) groups is 2. The quantitative estimate of drug-likeness (QED) is 0.117. The van der Waals surface area contributed by atoms with Crippen LogP contribution in [0.25, 0.3) is 10.9 Å². The molecule has 4 atom stereocenters. The summed E-state index contributed by atoms with van der Waals surface area (Å²) in [5.74, 6) is -1.56. The second-order valence-electron chi connectivity index (χ2n) is 9.54. The van der Waals surface area contributed by atoms with Gasteiger partial charge in [-0.3, -0.25) is 14.4 Å². The van der Waals surface area contributed by atoms with Gasteiger partial charge in [0.05, 0.1) is 6.04 Å². The zero-order chi connectivity index (χ0) is 29.5. The van der Waals surface area contributed by atoms with Gasteiger partial charge in [0.25, 0.3) is 0 Å². The van der Waals surface area contributed by atoms with Crippen molar-refractivity contribution in [2.45, 2.75) is 62.7 Å². The highest BCUT2D eigenvalue weighted by atomic mass is 32.2. The number of carbonyl (C=O) groups excluding carboxylic acids is 3. The Hall–Kier alpha value is -2.74. The third-order valence-corrected chi connectivity index (χ3v) is 7.79. The number of nitrogens with one attached hydrogen (secondary N) is 4. The summed E-state index contributed by atoms with van der Waals surface area (Å²) in [5, 5.41) is 18.8. The number of para-hydroxylation sites is 1. The first-order valence-electron chi connectivity index (χ1n) is 13.3. The number of carboxylic acids is 1. The predicted octanol–water partition coefficient (Wildman–Crippen LogP) is 1.21. The fraction of sp³-hybridized carbons (Fsp3) is 0.556. The summed E-state index contributed by atoms with van der Waals surface area (Å²) in [4.78, 5) is 54.4. The maximum Gasteiger partial charge on any atom is 0.326 e. The summed E-state index contributed by atoms with van der Waals surface area (Å²) < 4.78 is 0. The molecule has 222 valence electrons. The minimum absolute atomic E-state index is 0.0722. The van der Waals surface area contributed by atoms with Gasteiger partial charge in [-0.2, -0.15) is 23.5 Å². The average molecular weight is 595 g/mol. The van der Waals surface area contributed by atoms with Crippen LogP contribution < -0.4 is 27.4 Å². The van der Waals surface area contributed by atoms with Crippen molar-refractivity contribution >= 4 is 58.1 Å². The number of aromatic amines is 1. The van der Waals surface area contributed by atoms with Crippen molar-refractivity contribution in [1.82, 2.24) is 20.9 Å². The molecular weight excluding hydrogens is 552 g/mol. The second kappa shape index (κ2) is 17.8. The highest BCUT2D eigenvalue weighted by Crippen LogP contribution is 2.19. The number of fused-ring (bicyclic) bond motifs is 1. The Bertz CT molecular complexity index is 1110. The number of hydrogen-bond donors (Lipinski definition) is 7. The number of unbranched alkanes of at least 4 members (excludes halogenated alkanes) is 1. The van der Waals surface area contributed by atoms with Crippen LogP contribution in [0.5, 0.6) is 0 Å². The summed E-state index contributed by atoms with van der Waals surface area (Å²) >= 11 is 3.03. The first-order chi connectivity index (χ1) is 19.2. The van der Waals surface area contributed by atoms with Gasteiger partial charge in [0.2, 0.25) is 17.7 Å². The molecule has 2 rings (SSSR count). The van der Waals surface area contributed by atoms with E-state index in [2.05, 4.69) is 20.9 Å². The molecule has 0 saturated heterocycles. The number of aromatic nitrogens is 1. The Balaban J connectivity index is 2.12. The number of amides is 3. The van der Waals surface area contributed by atoms with E-state index in [-0.39, 0.29) is 6.42 Å². The van der Waals surface area contributed by atoms with Crippen molar-refractivity contribution in [2.24, 2.45) is 11.5 Å². The molecule has 40 heavy (non-hydrogen) atoms. The Morgan fingerprint density at radius 3 is 2.02 bits per heavy atom. The normalized spacial score (nSPS) is 14.2. The molecule has 0 saturated carbocycles. The van der Waals surface area contributed by atoms with Crippen LogP contribution in [0.3, 0.4) is 0 Å². The molecule has 0 aliphatic heterocycles. The lowest BCUT2D eigenvalue weighted by molar-refractivity contribution is -0.142. The van der Waals surface area contributed by atoms with E-state index in [1.54, 1.807) is 6.20 Å². The van der Waals surface area contributed by atoms with Gasteiger partial charge in [0.1, 0.15) is 18.1 Å². The molecule has 0 aliphatic carbocycles. The maximum absolute atomic E-state index is 13.3. The monoisotopic (exact) mass is 594 g/mol. The molecule has 0 fully saturated rings. The standard InChI is InChI=1S/C27H42N6O5S2/c1-39-13-10-21(31-24(34)19(29)8-5-6-12-28)25(35)32-22(11-14-40-2)26(36)33-23(27(37)38)15-17-16-30-20-9-4-3-7-18(17)20/h3-4,7,9,16,19,21-23,30H,5-6,8,10-15,28-29H2,1-2H3,(H,31,34)(H,32,35)(H,33,36)(H,37,38). The van der Waals surface area contributed by atoms with E-state index in [1.165, 1.54) is 23.5 Å². The lowest BCUT2D eigenvalue weighted by Gasteiger charge is -2.25. The second-order valence-corrected chi connectivity index (χ2v) is 11.5. The highest BCUT2D eigenvalue weighted by molar-refractivity contribution is 7.98. The number of aliphatic carboxylic acids is 1. The van der Waals surface area contributed by atoms with Crippen LogP contribution in [-0.4, -0.2) is 88.5 Å². The summed E-state index contributed by atoms with van der Waals surface area (Å²) in [7, 11) is 0. The molecule has 1 heterocycles. The van der Waals surface area contributed by atoms with Crippen LogP contribution in [0.2, 0.25) is 0 Å². The first-order valence-corrected chi connectivity index (χ1v) is 16.1. The Kier molecular flexibility index (Phi) is 14.9. The number of hydrogen-bond acceptors (Lipinski definition) is 8. The lowest BCUT2D eigenvalue weighted by Crippen LogP contribution is -2.57. The number of H-pyrrole nitrogens is 1. The van der Waals surface area contributed by atoms with E-state index in [0.29, 0.717) is 43.7 Å². The van der Waals surface area contributed by atoms with E-state index in [1.807, 2.05) is 36.8 Å². The van der Waals surface area contributed by atoms with Crippen LogP contribution in [0, 0.1) is 0 Å². The van der Waals surface area contributed by atoms with E-state index < -0.39 is 47.9 Å². The van der Waals surface area contributed by atoms with Crippen molar-refractivity contribution in [2.75, 3.05) is 30.6 Å². The number of carboxylic acid groups (broad SMARTS) is 1. The van der Waals surface area contributed by atoms with Gasteiger partial charge >= 0.3 is 5.97 Å². The van der Waals surface area contributed by atoms with Crippen LogP contribution in [-0.2, 0) is 25.6 Å². The molecule has 2 aromatic rings. The van der Waals surface area contributed by atoms with E-state index in [0.717, 1.165) is 22.9 Å². The zero-order valence-corrected chi connectivity index (χ0v) is 24.7. The molecule has 0 aliphatic rings. The van der Waals surface area contributed by atoms with Gasteiger partial charge in [-0.05, 0) is 67.9 Å². The van der Waals surface area contributed by atoms with E-state index in [9.17, 15) is 24.3 Å². The van der Waals surface area contributed by atoms with Crippen LogP contribution in [0.1, 0.15) is 37.7 Å². The molecule has 11 nitrogen and oxygen atoms in total. The van der Waals surface area contributed by atoms with Gasteiger partial charge in [-0.1, -0.05) is 24.6 Å². The first kappa shape index (κ1) is 33.5. The van der Waals surface area contributed by atoms with Gasteiger partial charge in [0.15, 0.2) is 0 Å². The average Bonchev–Trinajstić information content (AvgIpc) is 3.35. The Labute approximate surface area is 243 Å². The third kappa shape index (κ3) is 10.7. The highest BCUT2D eigenvalue weighted by Gasteiger charge is 2.30. The van der Waals surface area contributed by atoms with Crippen LogP contribution in [0.15, 0.2) is 30.5 Å². The minimum Gasteiger partial charge on any atom is -0.480 e. The molecule has 13 heteroatoms. The van der Waals surface area contributed by atoms with E-state index >= 15 is 0 Å². The number of nitrogens with two attached hydrogens (primary N) is 2. The maximum atomic E-state index is 13.3. The predicted molar refractivity (Wildman–Crippen MR) is 162 cm³/mol. The van der Waals surface area contributed by atoms with Crippen LogP contribution in [0.4, 0.5) is 0 Å². The topological polar surface area (TPSA) is 192 Å². The molecule has 0 bridgehead atoms. The molecule has 0 spiro atoms.